The van der Waals surface area contributed by atoms with Crippen molar-refractivity contribution in [1.82, 2.24) is 9.97 Å². The Bertz CT molecular complexity index is 1860. The Hall–Kier alpha value is -4.68. The molecular weight excluding hydrogens is 675 g/mol. The fourth-order valence-corrected chi connectivity index (χ4v) is 5.71. The van der Waals surface area contributed by atoms with Crippen LogP contribution in [0.4, 0.5) is 5.69 Å². The minimum absolute atomic E-state index is 0.252. The summed E-state index contributed by atoms with van der Waals surface area (Å²) in [6.07, 6.45) is 3.95. The molecular formula is C38H47N3O7S2. The second-order valence-corrected chi connectivity index (χ2v) is 12.4. The lowest BCUT2D eigenvalue weighted by Crippen LogP contribution is -2.04. The largest absolute Gasteiger partial charge is 0.462 e. The van der Waals surface area contributed by atoms with Crippen LogP contribution in [0.25, 0.3) is 21.8 Å². The number of aromatic nitrogens is 2. The van der Waals surface area contributed by atoms with E-state index in [2.05, 4.69) is 9.97 Å². The summed E-state index contributed by atoms with van der Waals surface area (Å²) in [5, 5.41) is 2.12. The number of ether oxygens (including phenoxy) is 3. The lowest BCUT2D eigenvalue weighted by molar-refractivity contribution is -0.114. The maximum absolute atomic E-state index is 11.7. The molecule has 0 aliphatic carbocycles. The number of aromatic amines is 2. The van der Waals surface area contributed by atoms with E-state index in [0.29, 0.717) is 48.0 Å². The van der Waals surface area contributed by atoms with Crippen LogP contribution in [0.5, 0.6) is 0 Å². The van der Waals surface area contributed by atoms with Crippen LogP contribution < -0.4 is 5.73 Å². The Kier molecular flexibility index (Phi) is 17.8. The molecule has 0 saturated heterocycles. The molecule has 50 heavy (non-hydrogen) atoms. The van der Waals surface area contributed by atoms with E-state index in [9.17, 15) is 19.2 Å². The molecule has 0 spiro atoms. The number of ketones is 1. The number of carbonyl (C=O) groups is 4. The number of rotatable bonds is 9. The number of esters is 3. The van der Waals surface area contributed by atoms with Gasteiger partial charge in [0.2, 0.25) is 0 Å². The minimum Gasteiger partial charge on any atom is -0.462 e. The van der Waals surface area contributed by atoms with Crippen molar-refractivity contribution in [3.8, 4) is 0 Å². The first-order valence-corrected chi connectivity index (χ1v) is 18.6. The molecule has 12 heteroatoms. The topological polar surface area (TPSA) is 154 Å². The first kappa shape index (κ1) is 41.5. The average Bonchev–Trinajstić information content (AvgIpc) is 3.62. The minimum atomic E-state index is -0.308. The first-order valence-electron chi connectivity index (χ1n) is 16.0. The van der Waals surface area contributed by atoms with Crippen molar-refractivity contribution in [3.63, 3.8) is 0 Å². The maximum Gasteiger partial charge on any atom is 0.338 e. The molecule has 2 aromatic heterocycles. The summed E-state index contributed by atoms with van der Waals surface area (Å²) in [5.74, 6) is 0.0681. The standard InChI is InChI=1S/C13H15NO2S.C12H13NO2.C9H11NO2.C4H8OS/c1-4-16-13(15)9-5-6-11-10(7-9)12(17-3)8(2)14-11;1-3-15-12(14)9-4-5-11-10(7-9)6-8(2)13-11;1-2-12-9(11)7-3-5-8(10)6-4-7;1-4(5)3-6-2/h5-7,14H,4H2,1-3H3;4-7,13H,3H2,1-2H3;3-6H,2,10H2,1H3;3H2,1-2H3. The number of nitrogens with two attached hydrogens (primary N) is 1. The number of fused-ring (bicyclic) bond motifs is 2. The van der Waals surface area contributed by atoms with Gasteiger partial charge in [-0.15, -0.1) is 11.8 Å². The molecule has 0 saturated carbocycles. The quantitative estimate of drug-likeness (QED) is 0.0585. The molecule has 0 aliphatic rings. The predicted octanol–water partition coefficient (Wildman–Crippen LogP) is 8.41. The Labute approximate surface area is 302 Å². The van der Waals surface area contributed by atoms with Gasteiger partial charge in [-0.25, -0.2) is 14.4 Å². The van der Waals surface area contributed by atoms with Crippen LogP contribution in [0, 0.1) is 13.8 Å². The fourth-order valence-electron chi connectivity index (χ4n) is 4.56. The van der Waals surface area contributed by atoms with E-state index in [-0.39, 0.29) is 23.7 Å². The molecule has 5 aromatic rings. The Morgan fingerprint density at radius 3 is 1.66 bits per heavy atom. The van der Waals surface area contributed by atoms with E-state index in [1.54, 1.807) is 80.7 Å². The lowest BCUT2D eigenvalue weighted by atomic mass is 10.1. The number of hydrogen-bond donors (Lipinski definition) is 3. The summed E-state index contributed by atoms with van der Waals surface area (Å²) in [4.78, 5) is 51.9. The van der Waals surface area contributed by atoms with Crippen LogP contribution in [-0.4, -0.2) is 71.7 Å². The number of Topliss-reactive ketones (excluding diaryl/α,β-unsaturated/α-hetero) is 1. The highest BCUT2D eigenvalue weighted by molar-refractivity contribution is 7.99. The summed E-state index contributed by atoms with van der Waals surface area (Å²) < 4.78 is 14.7. The molecule has 2 heterocycles. The van der Waals surface area contributed by atoms with E-state index in [1.165, 1.54) is 4.90 Å². The SMILES string of the molecule is CCOC(=O)c1ccc(N)cc1.CCOC(=O)c1ccc2[nH]c(C)c(SC)c2c1.CCOC(=O)c1ccc2[nH]c(C)cc2c1.CSCC(C)=O. The number of H-pyrrole nitrogens is 2. The van der Waals surface area contributed by atoms with E-state index in [0.717, 1.165) is 33.2 Å². The number of nitrogens with one attached hydrogen (secondary N) is 2. The second kappa shape index (κ2) is 21.4. The fraction of sp³-hybridized carbons (Fsp3) is 0.316. The summed E-state index contributed by atoms with van der Waals surface area (Å²) in [5.41, 5.74) is 12.1. The zero-order valence-corrected chi connectivity index (χ0v) is 31.6. The average molecular weight is 722 g/mol. The van der Waals surface area contributed by atoms with Crippen LogP contribution in [-0.2, 0) is 19.0 Å². The van der Waals surface area contributed by atoms with Gasteiger partial charge < -0.3 is 29.9 Å². The van der Waals surface area contributed by atoms with Crippen LogP contribution in [0.3, 0.4) is 0 Å². The Morgan fingerprint density at radius 2 is 1.18 bits per heavy atom. The number of anilines is 1. The molecule has 0 atom stereocenters. The number of benzene rings is 3. The molecule has 3 aromatic carbocycles. The van der Waals surface area contributed by atoms with Crippen molar-refractivity contribution in [2.24, 2.45) is 0 Å². The molecule has 10 nitrogen and oxygen atoms in total. The number of nitrogen functional groups attached to an aromatic ring is 1. The molecule has 0 aliphatic heterocycles. The number of carbonyl (C=O) groups excluding carboxylic acids is 4. The third-order valence-electron chi connectivity index (χ3n) is 6.68. The smallest absolute Gasteiger partial charge is 0.338 e. The normalized spacial score (nSPS) is 10.1. The van der Waals surface area contributed by atoms with Crippen molar-refractivity contribution >= 4 is 74.7 Å². The van der Waals surface area contributed by atoms with Gasteiger partial charge in [-0.3, -0.25) is 4.79 Å². The van der Waals surface area contributed by atoms with E-state index >= 15 is 0 Å². The second-order valence-electron chi connectivity index (χ2n) is 10.7. The van der Waals surface area contributed by atoms with Gasteiger partial charge in [0.1, 0.15) is 5.78 Å². The molecule has 5 rings (SSSR count). The molecule has 0 unspecified atom stereocenters. The lowest BCUT2D eigenvalue weighted by Gasteiger charge is -2.02. The summed E-state index contributed by atoms with van der Waals surface area (Å²) in [6, 6.07) is 19.8. The van der Waals surface area contributed by atoms with Gasteiger partial charge in [0.25, 0.3) is 0 Å². The van der Waals surface area contributed by atoms with Gasteiger partial charge in [0.05, 0.1) is 42.3 Å². The van der Waals surface area contributed by atoms with Crippen LogP contribution >= 0.6 is 23.5 Å². The van der Waals surface area contributed by atoms with Crippen molar-refractivity contribution < 1.29 is 33.4 Å². The van der Waals surface area contributed by atoms with E-state index in [4.69, 9.17) is 19.9 Å². The number of hydrogen-bond acceptors (Lipinski definition) is 10. The van der Waals surface area contributed by atoms with E-state index in [1.807, 2.05) is 63.6 Å². The molecule has 0 fully saturated rings. The monoisotopic (exact) mass is 721 g/mol. The Morgan fingerprint density at radius 1 is 0.680 bits per heavy atom. The van der Waals surface area contributed by atoms with Gasteiger partial charge in [-0.1, -0.05) is 0 Å². The van der Waals surface area contributed by atoms with Gasteiger partial charge >= 0.3 is 17.9 Å². The summed E-state index contributed by atoms with van der Waals surface area (Å²) in [6.45, 7) is 12.2. The first-order chi connectivity index (χ1) is 23.9. The van der Waals surface area contributed by atoms with Crippen molar-refractivity contribution in [1.29, 1.82) is 0 Å². The zero-order valence-electron chi connectivity index (χ0n) is 29.9. The predicted molar refractivity (Wildman–Crippen MR) is 206 cm³/mol. The van der Waals surface area contributed by atoms with Crippen LogP contribution in [0.15, 0.2) is 71.6 Å². The zero-order chi connectivity index (χ0) is 37.2. The van der Waals surface area contributed by atoms with Crippen LogP contribution in [0.1, 0.15) is 70.2 Å². The number of aryl methyl sites for hydroxylation is 2. The molecule has 0 bridgehead atoms. The van der Waals surface area contributed by atoms with E-state index < -0.39 is 0 Å². The molecule has 4 N–H and O–H groups in total. The van der Waals surface area contributed by atoms with Crippen molar-refractivity contribution in [2.45, 2.75) is 46.4 Å². The van der Waals surface area contributed by atoms with Gasteiger partial charge in [-0.05, 0) is 121 Å². The summed E-state index contributed by atoms with van der Waals surface area (Å²) in [7, 11) is 0. The number of thioether (sulfide) groups is 2. The molecule has 0 amide bonds. The van der Waals surface area contributed by atoms with Crippen molar-refractivity contribution in [2.75, 3.05) is 43.8 Å². The highest BCUT2D eigenvalue weighted by Gasteiger charge is 2.12. The van der Waals surface area contributed by atoms with Gasteiger partial charge in [0, 0.05) is 43.8 Å². The maximum atomic E-state index is 11.7. The Balaban J connectivity index is 0.000000243. The van der Waals surface area contributed by atoms with Crippen LogP contribution in [0.2, 0.25) is 0 Å². The van der Waals surface area contributed by atoms with Gasteiger partial charge in [-0.2, -0.15) is 11.8 Å². The third-order valence-corrected chi connectivity index (χ3v) is 8.31. The van der Waals surface area contributed by atoms with Crippen molar-refractivity contribution in [3.05, 3.63) is 94.8 Å². The third kappa shape index (κ3) is 13.0. The highest BCUT2D eigenvalue weighted by Crippen LogP contribution is 2.30. The van der Waals surface area contributed by atoms with Gasteiger partial charge in [0.15, 0.2) is 0 Å². The molecule has 0 radical (unpaired) electrons. The summed E-state index contributed by atoms with van der Waals surface area (Å²) >= 11 is 3.24. The highest BCUT2D eigenvalue weighted by atomic mass is 32.2. The molecule has 268 valence electrons.